The van der Waals surface area contributed by atoms with Crippen LogP contribution in [-0.2, 0) is 9.53 Å². The number of ether oxygens (including phenoxy) is 1. The molecule has 7 heteroatoms. The number of hydrogen-bond acceptors (Lipinski definition) is 3. The number of rotatable bonds is 7. The molecule has 1 amide bonds. The lowest BCUT2D eigenvalue weighted by atomic mass is 10.2. The molecule has 0 aliphatic carbocycles. The van der Waals surface area contributed by atoms with Gasteiger partial charge in [0.1, 0.15) is 0 Å². The monoisotopic (exact) mass is 443 g/mol. The molecule has 1 rings (SSSR count). The lowest BCUT2D eigenvalue weighted by Gasteiger charge is -2.08. The highest BCUT2D eigenvalue weighted by Gasteiger charge is 2.13. The number of carbonyl (C=O) groups excluding carboxylic acids is 2. The smallest absolute Gasteiger partial charge is 0.305 e. The van der Waals surface area contributed by atoms with Crippen molar-refractivity contribution in [1.29, 1.82) is 0 Å². The van der Waals surface area contributed by atoms with E-state index in [1.807, 2.05) is 22.6 Å². The van der Waals surface area contributed by atoms with Gasteiger partial charge < -0.3 is 10.1 Å². The van der Waals surface area contributed by atoms with Crippen molar-refractivity contribution in [2.75, 3.05) is 13.7 Å². The third-order valence-corrected chi connectivity index (χ3v) is 4.81. The normalized spacial score (nSPS) is 10.3. The third-order valence-electron chi connectivity index (χ3n) is 2.81. The van der Waals surface area contributed by atoms with Crippen molar-refractivity contribution in [2.24, 2.45) is 0 Å². The van der Waals surface area contributed by atoms with Gasteiger partial charge in [-0.25, -0.2) is 0 Å². The van der Waals surface area contributed by atoms with Crippen LogP contribution in [0.25, 0.3) is 0 Å². The van der Waals surface area contributed by atoms with E-state index in [2.05, 4.69) is 10.1 Å². The van der Waals surface area contributed by atoms with Gasteiger partial charge in [-0.15, -0.1) is 0 Å². The average molecular weight is 444 g/mol. The first kappa shape index (κ1) is 18.5. The summed E-state index contributed by atoms with van der Waals surface area (Å²) in [6, 6.07) is 3.20. The van der Waals surface area contributed by atoms with E-state index < -0.39 is 0 Å². The molecule has 0 unspecified atom stereocenters. The highest BCUT2D eigenvalue weighted by Crippen LogP contribution is 2.26. The molecular formula is C14H16Cl2INO3. The van der Waals surface area contributed by atoms with Crippen molar-refractivity contribution in [1.82, 2.24) is 5.32 Å². The highest BCUT2D eigenvalue weighted by molar-refractivity contribution is 14.1. The second-order valence-electron chi connectivity index (χ2n) is 4.39. The summed E-state index contributed by atoms with van der Waals surface area (Å²) in [4.78, 5) is 23.0. The number of hydrogen-bond donors (Lipinski definition) is 1. The number of benzene rings is 1. The topological polar surface area (TPSA) is 55.4 Å². The summed E-state index contributed by atoms with van der Waals surface area (Å²) >= 11 is 13.9. The number of methoxy groups -OCH3 is 1. The van der Waals surface area contributed by atoms with Gasteiger partial charge in [-0.3, -0.25) is 9.59 Å². The Balaban J connectivity index is 2.36. The molecule has 0 aliphatic rings. The number of carbonyl (C=O) groups is 2. The van der Waals surface area contributed by atoms with Crippen LogP contribution in [0, 0.1) is 3.57 Å². The van der Waals surface area contributed by atoms with Crippen molar-refractivity contribution >= 4 is 57.7 Å². The zero-order chi connectivity index (χ0) is 15.8. The summed E-state index contributed by atoms with van der Waals surface area (Å²) in [7, 11) is 1.38. The first-order chi connectivity index (χ1) is 9.95. The Labute approximate surface area is 147 Å². The van der Waals surface area contributed by atoms with Crippen LogP contribution in [0.15, 0.2) is 12.1 Å². The molecule has 0 aromatic heterocycles. The molecule has 0 spiro atoms. The van der Waals surface area contributed by atoms with E-state index in [1.54, 1.807) is 12.1 Å². The molecule has 0 heterocycles. The van der Waals surface area contributed by atoms with Gasteiger partial charge in [0, 0.05) is 21.6 Å². The summed E-state index contributed by atoms with van der Waals surface area (Å²) in [5.41, 5.74) is 0.475. The van der Waals surface area contributed by atoms with Gasteiger partial charge in [-0.05, 0) is 47.6 Å². The Morgan fingerprint density at radius 1 is 1.24 bits per heavy atom. The Kier molecular flexibility index (Phi) is 8.36. The lowest BCUT2D eigenvalue weighted by molar-refractivity contribution is -0.140. The molecule has 0 fully saturated rings. The van der Waals surface area contributed by atoms with E-state index in [1.165, 1.54) is 7.11 Å². The van der Waals surface area contributed by atoms with Gasteiger partial charge in [-0.1, -0.05) is 29.6 Å². The standard InChI is InChI=1S/C14H16Cl2INO3/c1-21-12(19)5-3-2-4-6-18-14(20)10-7-9(15)8-11(16)13(10)17/h7-8H,2-6H2,1H3,(H,18,20). The molecule has 1 aromatic carbocycles. The minimum Gasteiger partial charge on any atom is -0.469 e. The van der Waals surface area contributed by atoms with Crippen LogP contribution in [-0.4, -0.2) is 25.5 Å². The van der Waals surface area contributed by atoms with Gasteiger partial charge >= 0.3 is 5.97 Å². The van der Waals surface area contributed by atoms with Crippen molar-refractivity contribution < 1.29 is 14.3 Å². The molecule has 0 aliphatic heterocycles. The first-order valence-electron chi connectivity index (χ1n) is 6.45. The fourth-order valence-electron chi connectivity index (χ4n) is 1.69. The number of esters is 1. The van der Waals surface area contributed by atoms with E-state index >= 15 is 0 Å². The highest BCUT2D eigenvalue weighted by atomic mass is 127. The number of nitrogens with one attached hydrogen (secondary N) is 1. The van der Waals surface area contributed by atoms with Crippen LogP contribution in [0.2, 0.25) is 10.0 Å². The molecule has 21 heavy (non-hydrogen) atoms. The van der Waals surface area contributed by atoms with Crippen molar-refractivity contribution in [2.45, 2.75) is 25.7 Å². The third kappa shape index (κ3) is 6.40. The number of halogens is 3. The average Bonchev–Trinajstić information content (AvgIpc) is 2.45. The zero-order valence-corrected chi connectivity index (χ0v) is 15.2. The quantitative estimate of drug-likeness (QED) is 0.299. The van der Waals surface area contributed by atoms with Gasteiger partial charge in [0.2, 0.25) is 0 Å². The second-order valence-corrected chi connectivity index (χ2v) is 6.31. The lowest BCUT2D eigenvalue weighted by Crippen LogP contribution is -2.25. The van der Waals surface area contributed by atoms with Gasteiger partial charge in [-0.2, -0.15) is 0 Å². The summed E-state index contributed by atoms with van der Waals surface area (Å²) in [6.45, 7) is 0.542. The maximum absolute atomic E-state index is 12.0. The maximum atomic E-state index is 12.0. The predicted octanol–water partition coefficient (Wildman–Crippen LogP) is 4.06. The van der Waals surface area contributed by atoms with E-state index in [-0.39, 0.29) is 11.9 Å². The fourth-order valence-corrected chi connectivity index (χ4v) is 2.74. The molecule has 0 radical (unpaired) electrons. The van der Waals surface area contributed by atoms with Crippen molar-refractivity contribution in [3.05, 3.63) is 31.3 Å². The van der Waals surface area contributed by atoms with Gasteiger partial charge in [0.15, 0.2) is 0 Å². The second kappa shape index (κ2) is 9.48. The largest absolute Gasteiger partial charge is 0.469 e. The molecule has 0 atom stereocenters. The Bertz CT molecular complexity index is 523. The minimum absolute atomic E-state index is 0.197. The summed E-state index contributed by atoms with van der Waals surface area (Å²) in [6.07, 6.45) is 2.81. The van der Waals surface area contributed by atoms with Crippen LogP contribution in [0.1, 0.15) is 36.0 Å². The van der Waals surface area contributed by atoms with Crippen LogP contribution in [0.4, 0.5) is 0 Å². The minimum atomic E-state index is -0.206. The van der Waals surface area contributed by atoms with Crippen LogP contribution >= 0.6 is 45.8 Å². The van der Waals surface area contributed by atoms with Crippen LogP contribution in [0.5, 0.6) is 0 Å². The molecule has 0 saturated carbocycles. The molecule has 1 N–H and O–H groups in total. The zero-order valence-electron chi connectivity index (χ0n) is 11.5. The predicted molar refractivity (Wildman–Crippen MR) is 92.0 cm³/mol. The van der Waals surface area contributed by atoms with E-state index in [0.717, 1.165) is 19.3 Å². The SMILES string of the molecule is COC(=O)CCCCCNC(=O)c1cc(Cl)cc(Cl)c1I. The van der Waals surface area contributed by atoms with Crippen LogP contribution < -0.4 is 5.32 Å². The molecule has 116 valence electrons. The summed E-state index contributed by atoms with van der Waals surface area (Å²) < 4.78 is 5.24. The molecule has 1 aromatic rings. The van der Waals surface area contributed by atoms with Gasteiger partial charge in [0.25, 0.3) is 5.91 Å². The molecule has 0 bridgehead atoms. The van der Waals surface area contributed by atoms with E-state index in [4.69, 9.17) is 23.2 Å². The molecule has 4 nitrogen and oxygen atoms in total. The van der Waals surface area contributed by atoms with Crippen molar-refractivity contribution in [3.8, 4) is 0 Å². The fraction of sp³-hybridized carbons (Fsp3) is 0.429. The Morgan fingerprint density at radius 3 is 2.62 bits per heavy atom. The molecular weight excluding hydrogens is 428 g/mol. The number of amides is 1. The van der Waals surface area contributed by atoms with E-state index in [0.29, 0.717) is 32.1 Å². The number of unbranched alkanes of at least 4 members (excludes halogenated alkanes) is 2. The van der Waals surface area contributed by atoms with Gasteiger partial charge in [0.05, 0.1) is 17.7 Å². The maximum Gasteiger partial charge on any atom is 0.305 e. The first-order valence-corrected chi connectivity index (χ1v) is 8.28. The summed E-state index contributed by atoms with van der Waals surface area (Å²) in [5.74, 6) is -0.404. The van der Waals surface area contributed by atoms with Crippen LogP contribution in [0.3, 0.4) is 0 Å². The van der Waals surface area contributed by atoms with Crippen molar-refractivity contribution in [3.63, 3.8) is 0 Å². The Morgan fingerprint density at radius 2 is 1.95 bits per heavy atom. The summed E-state index contributed by atoms with van der Waals surface area (Å²) in [5, 5.41) is 3.72. The van der Waals surface area contributed by atoms with E-state index in [9.17, 15) is 9.59 Å². The molecule has 0 saturated heterocycles. The Hall–Kier alpha value is -0.530.